The highest BCUT2D eigenvalue weighted by molar-refractivity contribution is 5.79. The summed E-state index contributed by atoms with van der Waals surface area (Å²) in [6.45, 7) is 5.21. The molecule has 1 N–H and O–H groups in total. The molecule has 1 unspecified atom stereocenters. The van der Waals surface area contributed by atoms with Gasteiger partial charge in [-0.05, 0) is 36.8 Å². The van der Waals surface area contributed by atoms with E-state index < -0.39 is 11.4 Å². The van der Waals surface area contributed by atoms with Gasteiger partial charge in [0.1, 0.15) is 5.82 Å². The van der Waals surface area contributed by atoms with Crippen LogP contribution in [0.5, 0.6) is 0 Å². The van der Waals surface area contributed by atoms with E-state index in [-0.39, 0.29) is 24.7 Å². The zero-order valence-corrected chi connectivity index (χ0v) is 18.8. The molecule has 2 aromatic heterocycles. The fourth-order valence-corrected chi connectivity index (χ4v) is 4.70. The van der Waals surface area contributed by atoms with Crippen LogP contribution in [0.2, 0.25) is 0 Å². The van der Waals surface area contributed by atoms with Crippen LogP contribution in [0.4, 0.5) is 0 Å². The molecule has 1 aliphatic heterocycles. The molecule has 1 fully saturated rings. The molecule has 1 saturated heterocycles. The summed E-state index contributed by atoms with van der Waals surface area (Å²) >= 11 is 0. The predicted octanol–water partition coefficient (Wildman–Crippen LogP) is 4.99. The lowest BCUT2D eigenvalue weighted by molar-refractivity contribution is -0.141. The van der Waals surface area contributed by atoms with E-state index in [2.05, 4.69) is 28.8 Å². The molecule has 0 bridgehead atoms. The Hall–Kier alpha value is -3.15. The topological polar surface area (TPSA) is 74.9 Å². The highest BCUT2D eigenvalue weighted by Gasteiger charge is 2.33. The van der Waals surface area contributed by atoms with E-state index in [1.807, 2.05) is 49.1 Å². The molecule has 6 heteroatoms. The molecule has 1 atom stereocenters. The summed E-state index contributed by atoms with van der Waals surface area (Å²) in [4.78, 5) is 31.1. The van der Waals surface area contributed by atoms with Gasteiger partial charge in [-0.3, -0.25) is 9.59 Å². The number of piperidine rings is 1. The van der Waals surface area contributed by atoms with Crippen LogP contribution in [0.25, 0.3) is 16.8 Å². The van der Waals surface area contributed by atoms with Crippen LogP contribution >= 0.6 is 0 Å². The van der Waals surface area contributed by atoms with Crippen molar-refractivity contribution in [3.63, 3.8) is 0 Å². The summed E-state index contributed by atoms with van der Waals surface area (Å²) in [6.07, 6.45) is 4.76. The zero-order chi connectivity index (χ0) is 22.7. The number of aromatic nitrogens is 2. The van der Waals surface area contributed by atoms with Gasteiger partial charge in [-0.1, -0.05) is 50.2 Å². The van der Waals surface area contributed by atoms with Crippen molar-refractivity contribution in [2.75, 3.05) is 13.1 Å². The van der Waals surface area contributed by atoms with Gasteiger partial charge in [0.25, 0.3) is 0 Å². The number of pyridine rings is 1. The van der Waals surface area contributed by atoms with Crippen molar-refractivity contribution in [3.8, 4) is 11.3 Å². The minimum absolute atomic E-state index is 0.0219. The van der Waals surface area contributed by atoms with Crippen LogP contribution in [0.1, 0.15) is 57.7 Å². The molecule has 3 aromatic rings. The van der Waals surface area contributed by atoms with Crippen LogP contribution in [0.3, 0.4) is 0 Å². The number of imidazole rings is 1. The van der Waals surface area contributed by atoms with Crippen LogP contribution in [0, 0.1) is 5.41 Å². The Morgan fingerprint density at radius 2 is 1.75 bits per heavy atom. The van der Waals surface area contributed by atoms with Crippen LogP contribution in [-0.4, -0.2) is 44.4 Å². The van der Waals surface area contributed by atoms with E-state index in [0.717, 1.165) is 35.4 Å². The zero-order valence-electron chi connectivity index (χ0n) is 18.8. The summed E-state index contributed by atoms with van der Waals surface area (Å²) in [5.74, 6) is 0.548. The number of amides is 1. The Labute approximate surface area is 188 Å². The molecule has 6 nitrogen and oxygen atoms in total. The molecular formula is C26H31N3O3. The minimum atomic E-state index is -0.846. The Balaban J connectivity index is 1.49. The molecular weight excluding hydrogens is 402 g/mol. The van der Waals surface area contributed by atoms with Crippen molar-refractivity contribution in [1.82, 2.24) is 14.3 Å². The van der Waals surface area contributed by atoms with E-state index in [1.54, 1.807) is 0 Å². The second-order valence-corrected chi connectivity index (χ2v) is 9.21. The molecule has 1 aromatic carbocycles. The smallest absolute Gasteiger partial charge is 0.303 e. The van der Waals surface area contributed by atoms with E-state index >= 15 is 0 Å². The number of hydrogen-bond donors (Lipinski definition) is 1. The Bertz CT molecular complexity index is 1100. The summed E-state index contributed by atoms with van der Waals surface area (Å²) < 4.78 is 2.19. The largest absolute Gasteiger partial charge is 0.481 e. The number of rotatable bonds is 7. The molecule has 3 heterocycles. The van der Waals surface area contributed by atoms with Gasteiger partial charge in [0.05, 0.1) is 17.6 Å². The monoisotopic (exact) mass is 433 g/mol. The molecule has 0 aliphatic carbocycles. The van der Waals surface area contributed by atoms with Crippen molar-refractivity contribution < 1.29 is 14.7 Å². The summed E-state index contributed by atoms with van der Waals surface area (Å²) in [7, 11) is 0. The molecule has 1 aliphatic rings. The lowest BCUT2D eigenvalue weighted by Crippen LogP contribution is -2.40. The third-order valence-corrected chi connectivity index (χ3v) is 6.85. The van der Waals surface area contributed by atoms with Crippen LogP contribution in [-0.2, 0) is 9.59 Å². The molecule has 1 amide bonds. The van der Waals surface area contributed by atoms with E-state index in [9.17, 15) is 14.7 Å². The number of benzene rings is 1. The van der Waals surface area contributed by atoms with Gasteiger partial charge in [0.2, 0.25) is 5.91 Å². The number of carbonyl (C=O) groups excluding carboxylic acids is 1. The van der Waals surface area contributed by atoms with E-state index in [4.69, 9.17) is 4.98 Å². The SMILES string of the molecule is CCC(C)(CC(=O)O)CC(=O)N1CCC(c2nc(-c3ccccc3)c3ccccn23)CC1. The van der Waals surface area contributed by atoms with Gasteiger partial charge in [-0.2, -0.15) is 0 Å². The Kier molecular flexibility index (Phi) is 6.31. The highest BCUT2D eigenvalue weighted by atomic mass is 16.4. The first kappa shape index (κ1) is 22.1. The van der Waals surface area contributed by atoms with Gasteiger partial charge in [-0.25, -0.2) is 4.98 Å². The van der Waals surface area contributed by atoms with Gasteiger partial charge in [0, 0.05) is 37.2 Å². The van der Waals surface area contributed by atoms with Crippen molar-refractivity contribution >= 4 is 17.4 Å². The standard InChI is InChI=1S/C26H31N3O3/c1-3-26(2,18-23(31)32)17-22(30)28-15-12-20(13-16-28)25-27-24(19-9-5-4-6-10-19)21-11-7-8-14-29(21)25/h4-11,14,20H,3,12-13,15-18H2,1-2H3,(H,31,32). The quantitative estimate of drug-likeness (QED) is 0.570. The maximum absolute atomic E-state index is 12.9. The number of nitrogens with zero attached hydrogens (tertiary/aromatic N) is 3. The number of likely N-dealkylation sites (tertiary alicyclic amines) is 1. The Morgan fingerprint density at radius 1 is 1.06 bits per heavy atom. The number of carboxylic acids is 1. The normalized spacial score (nSPS) is 16.8. The van der Waals surface area contributed by atoms with Gasteiger partial charge in [0.15, 0.2) is 0 Å². The average molecular weight is 434 g/mol. The van der Waals surface area contributed by atoms with Crippen molar-refractivity contribution in [1.29, 1.82) is 0 Å². The third-order valence-electron chi connectivity index (χ3n) is 6.85. The number of aliphatic carboxylic acids is 1. The maximum Gasteiger partial charge on any atom is 0.303 e. The van der Waals surface area contributed by atoms with Crippen LogP contribution < -0.4 is 0 Å². The van der Waals surface area contributed by atoms with E-state index in [1.165, 1.54) is 0 Å². The van der Waals surface area contributed by atoms with Gasteiger partial charge < -0.3 is 14.4 Å². The predicted molar refractivity (Wildman–Crippen MR) is 124 cm³/mol. The molecule has 0 saturated carbocycles. The number of fused-ring (bicyclic) bond motifs is 1. The fraction of sp³-hybridized carbons (Fsp3) is 0.423. The molecule has 0 radical (unpaired) electrons. The first-order chi connectivity index (χ1) is 15.4. The van der Waals surface area contributed by atoms with Crippen molar-refractivity contribution in [2.45, 2.75) is 51.9 Å². The number of carboxylic acid groups (broad SMARTS) is 1. The molecule has 4 rings (SSSR count). The fourth-order valence-electron chi connectivity index (χ4n) is 4.70. The van der Waals surface area contributed by atoms with Crippen molar-refractivity contribution in [2.24, 2.45) is 5.41 Å². The molecule has 0 spiro atoms. The number of hydrogen-bond acceptors (Lipinski definition) is 3. The van der Waals surface area contributed by atoms with E-state index in [0.29, 0.717) is 19.5 Å². The molecule has 32 heavy (non-hydrogen) atoms. The van der Waals surface area contributed by atoms with Gasteiger partial charge >= 0.3 is 5.97 Å². The number of carbonyl (C=O) groups is 2. The summed E-state index contributed by atoms with van der Waals surface area (Å²) in [5.41, 5.74) is 2.70. The first-order valence-electron chi connectivity index (χ1n) is 11.4. The highest BCUT2D eigenvalue weighted by Crippen LogP contribution is 2.35. The summed E-state index contributed by atoms with van der Waals surface area (Å²) in [5, 5.41) is 9.20. The third kappa shape index (κ3) is 4.54. The second kappa shape index (κ2) is 9.15. The lowest BCUT2D eigenvalue weighted by atomic mass is 9.80. The van der Waals surface area contributed by atoms with Gasteiger partial charge in [-0.15, -0.1) is 0 Å². The lowest BCUT2D eigenvalue weighted by Gasteiger charge is -2.34. The average Bonchev–Trinajstić information content (AvgIpc) is 3.19. The molecule has 168 valence electrons. The van der Waals surface area contributed by atoms with Crippen molar-refractivity contribution in [3.05, 3.63) is 60.6 Å². The minimum Gasteiger partial charge on any atom is -0.481 e. The Morgan fingerprint density at radius 3 is 2.41 bits per heavy atom. The summed E-state index contributed by atoms with van der Waals surface area (Å²) in [6, 6.07) is 16.4. The maximum atomic E-state index is 12.9. The van der Waals surface area contributed by atoms with Crippen LogP contribution in [0.15, 0.2) is 54.7 Å². The first-order valence-corrected chi connectivity index (χ1v) is 11.4. The second-order valence-electron chi connectivity index (χ2n) is 9.21.